The molecule has 0 unspecified atom stereocenters. The Morgan fingerprint density at radius 3 is 2.30 bits per heavy atom. The number of aryl methyl sites for hydroxylation is 1. The van der Waals surface area contributed by atoms with Crippen molar-refractivity contribution in [1.82, 2.24) is 0 Å². The van der Waals surface area contributed by atoms with Crippen LogP contribution in [-0.4, -0.2) is 19.7 Å². The minimum Gasteiger partial charge on any atom is -0.494 e. The van der Waals surface area contributed by atoms with Gasteiger partial charge in [-0.3, -0.25) is 0 Å². The van der Waals surface area contributed by atoms with Crippen LogP contribution in [-0.2, 0) is 6.42 Å². The number of unbranched alkanes of at least 4 members (excludes halogenated alkanes) is 3. The van der Waals surface area contributed by atoms with Gasteiger partial charge in [-0.25, -0.2) is 0 Å². The van der Waals surface area contributed by atoms with E-state index in [2.05, 4.69) is 31.2 Å². The second-order valence-corrected chi connectivity index (χ2v) is 5.43. The van der Waals surface area contributed by atoms with E-state index in [0.29, 0.717) is 19.0 Å². The fourth-order valence-corrected chi connectivity index (χ4v) is 2.17. The molecule has 0 spiro atoms. The number of nitrogens with two attached hydrogens (primary N) is 2. The van der Waals surface area contributed by atoms with Gasteiger partial charge in [-0.15, -0.1) is 0 Å². The Morgan fingerprint density at radius 1 is 1.00 bits per heavy atom. The van der Waals surface area contributed by atoms with E-state index in [-0.39, 0.29) is 0 Å². The lowest BCUT2D eigenvalue weighted by Crippen LogP contribution is -2.23. The predicted octanol–water partition coefficient (Wildman–Crippen LogP) is 3.11. The lowest BCUT2D eigenvalue weighted by molar-refractivity contribution is 0.305. The van der Waals surface area contributed by atoms with Gasteiger partial charge in [0.1, 0.15) is 5.75 Å². The summed E-state index contributed by atoms with van der Waals surface area (Å²) in [5, 5.41) is 0. The van der Waals surface area contributed by atoms with Crippen molar-refractivity contribution in [3.8, 4) is 5.75 Å². The first-order chi connectivity index (χ1) is 9.80. The molecule has 0 saturated heterocycles. The zero-order valence-corrected chi connectivity index (χ0v) is 12.8. The molecule has 0 aliphatic carbocycles. The third-order valence-corrected chi connectivity index (χ3v) is 3.70. The number of benzene rings is 1. The first-order valence-corrected chi connectivity index (χ1v) is 7.92. The summed E-state index contributed by atoms with van der Waals surface area (Å²) >= 11 is 0. The van der Waals surface area contributed by atoms with Gasteiger partial charge in [-0.2, -0.15) is 0 Å². The molecule has 0 aliphatic rings. The second kappa shape index (κ2) is 10.7. The zero-order valence-electron chi connectivity index (χ0n) is 12.8. The summed E-state index contributed by atoms with van der Waals surface area (Å²) in [7, 11) is 0. The molecular weight excluding hydrogens is 248 g/mol. The zero-order chi connectivity index (χ0) is 14.6. The van der Waals surface area contributed by atoms with Gasteiger partial charge in [-0.05, 0) is 56.0 Å². The Morgan fingerprint density at radius 2 is 1.70 bits per heavy atom. The van der Waals surface area contributed by atoms with E-state index in [0.717, 1.165) is 31.6 Å². The van der Waals surface area contributed by atoms with Crippen LogP contribution in [0.5, 0.6) is 5.75 Å². The Bertz CT molecular complexity index is 333. The molecule has 0 amide bonds. The van der Waals surface area contributed by atoms with Crippen LogP contribution in [0, 0.1) is 5.92 Å². The molecule has 0 atom stereocenters. The molecule has 114 valence electrons. The number of hydrogen-bond acceptors (Lipinski definition) is 3. The lowest BCUT2D eigenvalue weighted by atomic mass is 10.00. The summed E-state index contributed by atoms with van der Waals surface area (Å²) in [6, 6.07) is 8.42. The third kappa shape index (κ3) is 6.92. The van der Waals surface area contributed by atoms with E-state index >= 15 is 0 Å². The maximum absolute atomic E-state index is 5.74. The van der Waals surface area contributed by atoms with E-state index in [1.165, 1.54) is 24.8 Å². The van der Waals surface area contributed by atoms with Crippen molar-refractivity contribution in [2.24, 2.45) is 17.4 Å². The first-order valence-electron chi connectivity index (χ1n) is 7.92. The average Bonchev–Trinajstić information content (AvgIpc) is 2.49. The van der Waals surface area contributed by atoms with Gasteiger partial charge in [0, 0.05) is 0 Å². The molecule has 20 heavy (non-hydrogen) atoms. The number of rotatable bonds is 11. The minimum atomic E-state index is 0.435. The van der Waals surface area contributed by atoms with Crippen molar-refractivity contribution >= 4 is 0 Å². The standard InChI is InChI=1S/C17H30N2O/c1-2-3-4-5-12-20-17-10-8-15(9-11-17)6-7-16(13-18)14-19/h8-11,16H,2-7,12-14,18-19H2,1H3. The van der Waals surface area contributed by atoms with Crippen LogP contribution < -0.4 is 16.2 Å². The minimum absolute atomic E-state index is 0.435. The molecule has 4 N–H and O–H groups in total. The topological polar surface area (TPSA) is 61.3 Å². The molecule has 0 aromatic heterocycles. The van der Waals surface area contributed by atoms with Gasteiger partial charge < -0.3 is 16.2 Å². The molecule has 1 aromatic rings. The third-order valence-electron chi connectivity index (χ3n) is 3.70. The van der Waals surface area contributed by atoms with Crippen LogP contribution in [0.1, 0.15) is 44.6 Å². The van der Waals surface area contributed by atoms with E-state index in [9.17, 15) is 0 Å². The Labute approximate surface area is 123 Å². The molecule has 0 saturated carbocycles. The van der Waals surface area contributed by atoms with Crippen LogP contribution >= 0.6 is 0 Å². The maximum atomic E-state index is 5.74. The molecule has 0 aliphatic heterocycles. The summed E-state index contributed by atoms with van der Waals surface area (Å²) < 4.78 is 5.74. The van der Waals surface area contributed by atoms with E-state index in [1.807, 2.05) is 0 Å². The average molecular weight is 278 g/mol. The highest BCUT2D eigenvalue weighted by Gasteiger charge is 2.04. The number of ether oxygens (including phenoxy) is 1. The summed E-state index contributed by atoms with van der Waals surface area (Å²) in [4.78, 5) is 0. The molecule has 3 heteroatoms. The molecule has 1 rings (SSSR count). The second-order valence-electron chi connectivity index (χ2n) is 5.43. The van der Waals surface area contributed by atoms with Crippen LogP contribution in [0.2, 0.25) is 0 Å². The van der Waals surface area contributed by atoms with Crippen molar-refractivity contribution in [2.75, 3.05) is 19.7 Å². The van der Waals surface area contributed by atoms with Crippen molar-refractivity contribution in [1.29, 1.82) is 0 Å². The summed E-state index contributed by atoms with van der Waals surface area (Å²) in [6.07, 6.45) is 7.06. The molecular formula is C17H30N2O. The quantitative estimate of drug-likeness (QED) is 0.611. The van der Waals surface area contributed by atoms with Gasteiger partial charge in [0.05, 0.1) is 6.61 Å². The van der Waals surface area contributed by atoms with Crippen LogP contribution in [0.25, 0.3) is 0 Å². The van der Waals surface area contributed by atoms with Gasteiger partial charge in [0.15, 0.2) is 0 Å². The van der Waals surface area contributed by atoms with E-state index in [1.54, 1.807) is 0 Å². The molecule has 1 aromatic carbocycles. The smallest absolute Gasteiger partial charge is 0.119 e. The number of hydrogen-bond donors (Lipinski definition) is 2. The highest BCUT2D eigenvalue weighted by atomic mass is 16.5. The van der Waals surface area contributed by atoms with Gasteiger partial charge in [0.25, 0.3) is 0 Å². The van der Waals surface area contributed by atoms with E-state index < -0.39 is 0 Å². The monoisotopic (exact) mass is 278 g/mol. The van der Waals surface area contributed by atoms with Crippen molar-refractivity contribution in [2.45, 2.75) is 45.4 Å². The van der Waals surface area contributed by atoms with Crippen LogP contribution in [0.4, 0.5) is 0 Å². The lowest BCUT2D eigenvalue weighted by Gasteiger charge is -2.12. The molecule has 0 fully saturated rings. The molecule has 0 radical (unpaired) electrons. The summed E-state index contributed by atoms with van der Waals surface area (Å²) in [6.45, 7) is 4.39. The normalized spacial score (nSPS) is 11.0. The molecule has 0 heterocycles. The first kappa shape index (κ1) is 17.0. The highest BCUT2D eigenvalue weighted by molar-refractivity contribution is 5.27. The van der Waals surface area contributed by atoms with Gasteiger partial charge in [-0.1, -0.05) is 38.3 Å². The Kier molecular flexibility index (Phi) is 9.09. The van der Waals surface area contributed by atoms with E-state index in [4.69, 9.17) is 16.2 Å². The Hall–Kier alpha value is -1.06. The summed E-state index contributed by atoms with van der Waals surface area (Å²) in [5.74, 6) is 1.41. The highest BCUT2D eigenvalue weighted by Crippen LogP contribution is 2.15. The largest absolute Gasteiger partial charge is 0.494 e. The van der Waals surface area contributed by atoms with Crippen LogP contribution in [0.3, 0.4) is 0 Å². The van der Waals surface area contributed by atoms with Crippen molar-refractivity contribution in [3.05, 3.63) is 29.8 Å². The Balaban J connectivity index is 2.25. The molecule has 0 bridgehead atoms. The summed E-state index contributed by atoms with van der Waals surface area (Å²) in [5.41, 5.74) is 12.7. The SMILES string of the molecule is CCCCCCOc1ccc(CCC(CN)CN)cc1. The fourth-order valence-electron chi connectivity index (χ4n) is 2.17. The van der Waals surface area contributed by atoms with Crippen molar-refractivity contribution < 1.29 is 4.74 Å². The fraction of sp³-hybridized carbons (Fsp3) is 0.647. The molecule has 3 nitrogen and oxygen atoms in total. The van der Waals surface area contributed by atoms with Crippen LogP contribution in [0.15, 0.2) is 24.3 Å². The van der Waals surface area contributed by atoms with Crippen molar-refractivity contribution in [3.63, 3.8) is 0 Å². The van der Waals surface area contributed by atoms with Gasteiger partial charge in [0.2, 0.25) is 0 Å². The maximum Gasteiger partial charge on any atom is 0.119 e. The van der Waals surface area contributed by atoms with Gasteiger partial charge >= 0.3 is 0 Å². The predicted molar refractivity (Wildman–Crippen MR) is 86.0 cm³/mol.